The molecule has 0 aromatic heterocycles. The highest BCUT2D eigenvalue weighted by Gasteiger charge is 2.35. The van der Waals surface area contributed by atoms with Gasteiger partial charge in [-0.1, -0.05) is 47.0 Å². The van der Waals surface area contributed by atoms with Gasteiger partial charge in [-0.2, -0.15) is 0 Å². The van der Waals surface area contributed by atoms with Crippen molar-refractivity contribution in [2.75, 3.05) is 13.1 Å². The molecule has 0 spiro atoms. The smallest absolute Gasteiger partial charge is 0.0318 e. The highest BCUT2D eigenvalue weighted by molar-refractivity contribution is 9.10. The second-order valence-corrected chi connectivity index (χ2v) is 7.21. The van der Waals surface area contributed by atoms with Crippen LogP contribution in [-0.4, -0.2) is 24.0 Å². The summed E-state index contributed by atoms with van der Waals surface area (Å²) in [6.07, 6.45) is 8.21. The molecule has 1 aliphatic heterocycles. The van der Waals surface area contributed by atoms with Crippen LogP contribution in [0.3, 0.4) is 0 Å². The number of hydrogen-bond donors (Lipinski definition) is 1. The Hall–Kier alpha value is -0.380. The average molecular weight is 337 g/mol. The third-order valence-electron chi connectivity index (χ3n) is 5.16. The minimum absolute atomic E-state index is 0.146. The van der Waals surface area contributed by atoms with E-state index in [9.17, 15) is 0 Å². The fraction of sp³-hybridized carbons (Fsp3) is 0.647. The Morgan fingerprint density at radius 1 is 1.20 bits per heavy atom. The maximum atomic E-state index is 6.39. The molecule has 2 nitrogen and oxygen atoms in total. The Bertz CT molecular complexity index is 448. The topological polar surface area (TPSA) is 29.3 Å². The van der Waals surface area contributed by atoms with E-state index in [1.165, 1.54) is 44.2 Å². The van der Waals surface area contributed by atoms with Gasteiger partial charge in [0.25, 0.3) is 0 Å². The maximum Gasteiger partial charge on any atom is 0.0318 e. The van der Waals surface area contributed by atoms with Gasteiger partial charge in [-0.25, -0.2) is 0 Å². The van der Waals surface area contributed by atoms with E-state index in [0.717, 1.165) is 29.4 Å². The first kappa shape index (κ1) is 14.6. The predicted octanol–water partition coefficient (Wildman–Crippen LogP) is 4.10. The number of nitrogens with zero attached hydrogens (tertiary/aromatic N) is 1. The molecule has 110 valence electrons. The molecule has 1 heterocycles. The summed E-state index contributed by atoms with van der Waals surface area (Å²) < 4.78 is 1.14. The summed E-state index contributed by atoms with van der Waals surface area (Å²) in [6.45, 7) is 2.45. The van der Waals surface area contributed by atoms with Gasteiger partial charge in [-0.05, 0) is 49.8 Å². The molecule has 3 atom stereocenters. The number of halogens is 1. The first-order chi connectivity index (χ1) is 9.75. The summed E-state index contributed by atoms with van der Waals surface area (Å²) in [4.78, 5) is 2.71. The van der Waals surface area contributed by atoms with Gasteiger partial charge in [-0.15, -0.1) is 0 Å². The molecule has 1 aromatic rings. The predicted molar refractivity (Wildman–Crippen MR) is 87.6 cm³/mol. The van der Waals surface area contributed by atoms with Crippen LogP contribution in [0, 0.1) is 5.92 Å². The molecule has 3 rings (SSSR count). The van der Waals surface area contributed by atoms with Crippen molar-refractivity contribution in [3.8, 4) is 0 Å². The summed E-state index contributed by atoms with van der Waals surface area (Å²) in [6, 6.07) is 9.36. The zero-order valence-corrected chi connectivity index (χ0v) is 13.7. The molecule has 1 saturated heterocycles. The van der Waals surface area contributed by atoms with E-state index in [2.05, 4.69) is 39.0 Å². The Morgan fingerprint density at radius 3 is 2.85 bits per heavy atom. The molecular weight excluding hydrogens is 312 g/mol. The third-order valence-corrected chi connectivity index (χ3v) is 5.88. The van der Waals surface area contributed by atoms with Crippen LogP contribution in [0.5, 0.6) is 0 Å². The molecule has 3 unspecified atom stereocenters. The van der Waals surface area contributed by atoms with Crippen molar-refractivity contribution in [1.82, 2.24) is 4.90 Å². The van der Waals surface area contributed by atoms with Gasteiger partial charge in [0.1, 0.15) is 0 Å². The van der Waals surface area contributed by atoms with Gasteiger partial charge in [0, 0.05) is 23.1 Å². The minimum atomic E-state index is 0.146. The molecule has 1 aliphatic carbocycles. The highest BCUT2D eigenvalue weighted by Crippen LogP contribution is 2.36. The fourth-order valence-corrected chi connectivity index (χ4v) is 4.60. The number of rotatable bonds is 4. The van der Waals surface area contributed by atoms with Gasteiger partial charge in [0.2, 0.25) is 0 Å². The Labute approximate surface area is 130 Å². The van der Waals surface area contributed by atoms with E-state index in [4.69, 9.17) is 5.73 Å². The summed E-state index contributed by atoms with van der Waals surface area (Å²) in [5.74, 6) is 0.975. The van der Waals surface area contributed by atoms with E-state index in [1.54, 1.807) is 0 Å². The van der Waals surface area contributed by atoms with E-state index < -0.39 is 0 Å². The summed E-state index contributed by atoms with van der Waals surface area (Å²) in [7, 11) is 0. The quantitative estimate of drug-likeness (QED) is 0.896. The lowest BCUT2D eigenvalue weighted by Crippen LogP contribution is -2.36. The van der Waals surface area contributed by atoms with Crippen LogP contribution < -0.4 is 5.73 Å². The van der Waals surface area contributed by atoms with Crippen molar-refractivity contribution in [1.29, 1.82) is 0 Å². The number of benzene rings is 1. The first-order valence-electron chi connectivity index (χ1n) is 8.00. The van der Waals surface area contributed by atoms with Gasteiger partial charge >= 0.3 is 0 Å². The first-order valence-corrected chi connectivity index (χ1v) is 8.79. The maximum absolute atomic E-state index is 6.39. The zero-order valence-electron chi connectivity index (χ0n) is 12.1. The molecule has 2 fully saturated rings. The van der Waals surface area contributed by atoms with E-state index in [-0.39, 0.29) is 6.04 Å². The largest absolute Gasteiger partial charge is 0.324 e. The lowest BCUT2D eigenvalue weighted by molar-refractivity contribution is 0.178. The van der Waals surface area contributed by atoms with Crippen LogP contribution in [0.1, 0.15) is 50.1 Å². The highest BCUT2D eigenvalue weighted by atomic mass is 79.9. The number of nitrogens with two attached hydrogens (primary N) is 1. The second kappa shape index (κ2) is 6.59. The summed E-state index contributed by atoms with van der Waals surface area (Å²) >= 11 is 3.61. The molecule has 0 amide bonds. The number of fused-ring (bicyclic) bond motifs is 1. The molecule has 0 bridgehead atoms. The standard InChI is InChI=1S/C17H25BrN2/c18-15-7-3-2-6-14(15)16(19)10-12-20-11-9-13-5-1-4-8-17(13)20/h2-3,6-7,13,16-17H,1,4-5,8-12,19H2. The van der Waals surface area contributed by atoms with Crippen LogP contribution in [0.25, 0.3) is 0 Å². The minimum Gasteiger partial charge on any atom is -0.324 e. The van der Waals surface area contributed by atoms with Crippen LogP contribution >= 0.6 is 15.9 Å². The summed E-state index contributed by atoms with van der Waals surface area (Å²) in [5, 5.41) is 0. The Balaban J connectivity index is 1.56. The molecular formula is C17H25BrN2. The van der Waals surface area contributed by atoms with Crippen molar-refractivity contribution in [3.63, 3.8) is 0 Å². The normalized spacial score (nSPS) is 28.3. The van der Waals surface area contributed by atoms with Gasteiger partial charge in [0.05, 0.1) is 0 Å². The van der Waals surface area contributed by atoms with Gasteiger partial charge < -0.3 is 10.6 Å². The summed E-state index contributed by atoms with van der Waals surface area (Å²) in [5.41, 5.74) is 7.63. The fourth-order valence-electron chi connectivity index (χ4n) is 4.02. The van der Waals surface area contributed by atoms with Gasteiger partial charge in [0.15, 0.2) is 0 Å². The van der Waals surface area contributed by atoms with E-state index in [1.807, 2.05) is 6.07 Å². The van der Waals surface area contributed by atoms with Crippen LogP contribution in [-0.2, 0) is 0 Å². The van der Waals surface area contributed by atoms with Gasteiger partial charge in [-0.3, -0.25) is 0 Å². The lowest BCUT2D eigenvalue weighted by Gasteiger charge is -2.32. The molecule has 2 aliphatic rings. The van der Waals surface area contributed by atoms with Crippen LogP contribution in [0.15, 0.2) is 28.7 Å². The monoisotopic (exact) mass is 336 g/mol. The SMILES string of the molecule is NC(CCN1CCC2CCCCC21)c1ccccc1Br. The number of hydrogen-bond acceptors (Lipinski definition) is 2. The lowest BCUT2D eigenvalue weighted by atomic mass is 9.85. The molecule has 0 radical (unpaired) electrons. The third kappa shape index (κ3) is 3.10. The van der Waals surface area contributed by atoms with Crippen molar-refractivity contribution in [2.24, 2.45) is 11.7 Å². The average Bonchev–Trinajstić information content (AvgIpc) is 2.88. The van der Waals surface area contributed by atoms with E-state index in [0.29, 0.717) is 0 Å². The molecule has 1 saturated carbocycles. The van der Waals surface area contributed by atoms with Crippen molar-refractivity contribution >= 4 is 15.9 Å². The van der Waals surface area contributed by atoms with Crippen molar-refractivity contribution in [3.05, 3.63) is 34.3 Å². The van der Waals surface area contributed by atoms with Crippen LogP contribution in [0.2, 0.25) is 0 Å². The van der Waals surface area contributed by atoms with Crippen LogP contribution in [0.4, 0.5) is 0 Å². The zero-order chi connectivity index (χ0) is 13.9. The molecule has 20 heavy (non-hydrogen) atoms. The van der Waals surface area contributed by atoms with E-state index >= 15 is 0 Å². The number of likely N-dealkylation sites (tertiary alicyclic amines) is 1. The molecule has 2 N–H and O–H groups in total. The molecule has 1 aromatic carbocycles. The van der Waals surface area contributed by atoms with Crippen molar-refractivity contribution in [2.45, 2.75) is 50.6 Å². The Kier molecular flexibility index (Phi) is 4.79. The Morgan fingerprint density at radius 2 is 2.00 bits per heavy atom. The molecule has 3 heteroatoms. The van der Waals surface area contributed by atoms with Crippen molar-refractivity contribution < 1.29 is 0 Å². The second-order valence-electron chi connectivity index (χ2n) is 6.35.